The molecule has 1 rings (SSSR count). The molecule has 0 saturated carbocycles. The van der Waals surface area contributed by atoms with Crippen molar-refractivity contribution in [1.82, 2.24) is 4.55 Å². The van der Waals surface area contributed by atoms with Crippen LogP contribution in [0, 0.1) is 0 Å². The third-order valence-corrected chi connectivity index (χ3v) is 0.250. The van der Waals surface area contributed by atoms with E-state index >= 15 is 0 Å². The van der Waals surface area contributed by atoms with Crippen molar-refractivity contribution in [1.29, 1.82) is 0 Å². The summed E-state index contributed by atoms with van der Waals surface area (Å²) in [6.07, 6.45) is 0. The number of aromatic nitrogens is 1. The first-order valence-corrected chi connectivity index (χ1v) is 1.32. The number of aromatic amines is 1. The summed E-state index contributed by atoms with van der Waals surface area (Å²) >= 11 is 1.25. The van der Waals surface area contributed by atoms with Gasteiger partial charge >= 0.3 is 18.9 Å². The molecular weight excluding hydrogens is 69.0 g/mol. The Labute approximate surface area is 41.2 Å². The largest absolute Gasteiger partial charge is 1.00 e. The second-order valence-corrected chi connectivity index (χ2v) is 0.750. The molecule has 1 aromatic heterocycles. The minimum absolute atomic E-state index is 0. The molecule has 0 spiro atoms. The van der Waals surface area contributed by atoms with E-state index in [2.05, 4.69) is 8.50 Å². The first-order valence-electron chi connectivity index (χ1n) is 0.575. The van der Waals surface area contributed by atoms with E-state index in [0.717, 1.165) is 0 Å². The SMILES string of the molecule is [H-].[Li+].[nH]1os1. The molecule has 1 heterocycles. The standard InChI is InChI=1S/Li.HNOS.H/c;1-2-3-1;/h;1H;/q+1;;-1. The van der Waals surface area contributed by atoms with Crippen LogP contribution in [-0.2, 0) is 0 Å². The van der Waals surface area contributed by atoms with Crippen molar-refractivity contribution in [2.45, 2.75) is 0 Å². The normalized spacial score (nSPS) is 6.00. The number of nitrogens with one attached hydrogen (secondary N) is 1. The van der Waals surface area contributed by atoms with E-state index in [1.165, 1.54) is 11.8 Å². The van der Waals surface area contributed by atoms with Gasteiger partial charge in [-0.05, 0) is 0 Å². The number of rotatable bonds is 0. The summed E-state index contributed by atoms with van der Waals surface area (Å²) in [5.41, 5.74) is 0. The molecule has 0 amide bonds. The molecule has 0 aromatic carbocycles. The maximum absolute atomic E-state index is 4.17. The Morgan fingerprint density at radius 1 is 2.00 bits per heavy atom. The zero-order valence-corrected chi connectivity index (χ0v) is 3.13. The molecule has 4 heteroatoms. The van der Waals surface area contributed by atoms with E-state index in [1.54, 1.807) is 0 Å². The molecule has 0 bridgehead atoms. The van der Waals surface area contributed by atoms with Crippen LogP contribution >= 0.6 is 11.8 Å². The van der Waals surface area contributed by atoms with E-state index in [4.69, 9.17) is 0 Å². The van der Waals surface area contributed by atoms with E-state index in [-0.39, 0.29) is 20.3 Å². The van der Waals surface area contributed by atoms with Crippen molar-refractivity contribution in [2.24, 2.45) is 0 Å². The molecule has 2 nitrogen and oxygen atoms in total. The van der Waals surface area contributed by atoms with Crippen LogP contribution in [0.5, 0.6) is 0 Å². The van der Waals surface area contributed by atoms with Gasteiger partial charge < -0.3 is 1.43 Å². The van der Waals surface area contributed by atoms with Crippen molar-refractivity contribution < 1.29 is 24.2 Å². The van der Waals surface area contributed by atoms with Gasteiger partial charge in [-0.3, -0.25) is 3.96 Å². The Balaban J connectivity index is 0. The van der Waals surface area contributed by atoms with Gasteiger partial charge in [-0.2, -0.15) is 0 Å². The van der Waals surface area contributed by atoms with Crippen LogP contribution in [-0.4, -0.2) is 4.55 Å². The summed E-state index contributed by atoms with van der Waals surface area (Å²) in [4.78, 5) is 0. The average molecular weight is 71.0 g/mol. The van der Waals surface area contributed by atoms with Crippen molar-refractivity contribution in [3.63, 3.8) is 0 Å². The molecule has 0 aliphatic rings. The predicted octanol–water partition coefficient (Wildman–Crippen LogP) is -2.21. The summed E-state index contributed by atoms with van der Waals surface area (Å²) in [6, 6.07) is 0. The maximum atomic E-state index is 4.17. The van der Waals surface area contributed by atoms with Crippen molar-refractivity contribution in [3.05, 3.63) is 0 Å². The minimum atomic E-state index is 0. The molecule has 0 fully saturated rings. The Morgan fingerprint density at radius 3 is 2.25 bits per heavy atom. The molecule has 0 atom stereocenters. The van der Waals surface area contributed by atoms with Crippen molar-refractivity contribution in [2.75, 3.05) is 0 Å². The number of hydrogen-bond acceptors (Lipinski definition) is 2. The van der Waals surface area contributed by atoms with Gasteiger partial charge in [0, 0.05) is 0 Å². The monoisotopic (exact) mass is 71.0 g/mol. The van der Waals surface area contributed by atoms with Gasteiger partial charge in [0.2, 0.25) is 0 Å². The molecule has 1 N–H and O–H groups in total. The van der Waals surface area contributed by atoms with E-state index in [1.807, 2.05) is 0 Å². The van der Waals surface area contributed by atoms with Gasteiger partial charge in [0.05, 0.1) is 0 Å². The fraction of sp³-hybridized carbons (Fsp3) is 0. The van der Waals surface area contributed by atoms with Gasteiger partial charge in [-0.25, -0.2) is 0 Å². The first kappa shape index (κ1) is 4.42. The fourth-order valence-corrected chi connectivity index (χ4v) is 0. The smallest absolute Gasteiger partial charge is 1.00 e. The Hall–Kier alpha value is 0.417. The minimum Gasteiger partial charge on any atom is -1.00 e. The van der Waals surface area contributed by atoms with Gasteiger partial charge in [0.15, 0.2) is 11.8 Å². The van der Waals surface area contributed by atoms with Crippen molar-refractivity contribution >= 4 is 11.8 Å². The summed E-state index contributed by atoms with van der Waals surface area (Å²) < 4.78 is 6.58. The molecule has 0 radical (unpaired) electrons. The fourth-order valence-electron chi connectivity index (χ4n) is 0. The average Bonchev–Trinajstić information content (AvgIpc) is 1.46. The predicted molar refractivity (Wildman–Crippen MR) is 12.0 cm³/mol. The molecule has 0 aliphatic carbocycles. The van der Waals surface area contributed by atoms with Crippen molar-refractivity contribution in [3.8, 4) is 0 Å². The molecule has 20 valence electrons. The maximum Gasteiger partial charge on any atom is 1.00 e. The van der Waals surface area contributed by atoms with Gasteiger partial charge in [-0.1, -0.05) is 0 Å². The van der Waals surface area contributed by atoms with Crippen LogP contribution in [0.15, 0.2) is 3.96 Å². The summed E-state index contributed by atoms with van der Waals surface area (Å²) in [6.45, 7) is 0. The van der Waals surface area contributed by atoms with Crippen LogP contribution in [0.4, 0.5) is 0 Å². The second kappa shape index (κ2) is 1.71. The molecular formula is H2LiNOS. The molecule has 4 heavy (non-hydrogen) atoms. The van der Waals surface area contributed by atoms with Gasteiger partial charge in [-0.15, -0.1) is 4.55 Å². The Kier molecular flexibility index (Phi) is 1.89. The molecule has 0 aliphatic heterocycles. The molecule has 0 saturated heterocycles. The van der Waals surface area contributed by atoms with Crippen LogP contribution in [0.2, 0.25) is 0 Å². The molecule has 1 aromatic rings. The van der Waals surface area contributed by atoms with Crippen LogP contribution in [0.1, 0.15) is 1.43 Å². The zero-order valence-electron chi connectivity index (χ0n) is 3.32. The van der Waals surface area contributed by atoms with Gasteiger partial charge in [0.25, 0.3) is 0 Å². The second-order valence-electron chi connectivity index (χ2n) is 0.250. The third kappa shape index (κ3) is 2.42. The Bertz CT molecular complexity index is 39.7. The zero-order chi connectivity index (χ0) is 2.12. The van der Waals surface area contributed by atoms with Crippen LogP contribution < -0.4 is 18.9 Å². The molecule has 0 unspecified atom stereocenters. The van der Waals surface area contributed by atoms with E-state index < -0.39 is 0 Å². The van der Waals surface area contributed by atoms with Crippen LogP contribution in [0.3, 0.4) is 0 Å². The van der Waals surface area contributed by atoms with E-state index in [9.17, 15) is 0 Å². The Morgan fingerprint density at radius 2 is 2.25 bits per heavy atom. The number of H-pyrrole nitrogens is 1. The first-order chi connectivity index (χ1) is 1.50. The van der Waals surface area contributed by atoms with E-state index in [0.29, 0.717) is 0 Å². The topological polar surface area (TPSA) is 28.9 Å². The summed E-state index contributed by atoms with van der Waals surface area (Å²) in [5, 5.41) is 0. The summed E-state index contributed by atoms with van der Waals surface area (Å²) in [5.74, 6) is 0. The number of hydrogen-bond donors (Lipinski definition) is 1. The van der Waals surface area contributed by atoms with Gasteiger partial charge in [0.1, 0.15) is 0 Å². The van der Waals surface area contributed by atoms with Crippen LogP contribution in [0.25, 0.3) is 0 Å². The summed E-state index contributed by atoms with van der Waals surface area (Å²) in [7, 11) is 0. The third-order valence-electron chi connectivity index (χ3n) is 0.0833. The quantitative estimate of drug-likeness (QED) is 0.345.